The maximum atomic E-state index is 12.7. The second-order valence-corrected chi connectivity index (χ2v) is 9.73. The van der Waals surface area contributed by atoms with E-state index in [1.54, 1.807) is 32.4 Å². The predicted molar refractivity (Wildman–Crippen MR) is 127 cm³/mol. The Labute approximate surface area is 197 Å². The summed E-state index contributed by atoms with van der Waals surface area (Å²) in [7, 11) is 4.52. The molecule has 0 fully saturated rings. The van der Waals surface area contributed by atoms with E-state index in [9.17, 15) is 14.4 Å². The van der Waals surface area contributed by atoms with E-state index in [-0.39, 0.29) is 23.1 Å². The molecule has 9 nitrogen and oxygen atoms in total. The number of carbonyl (C=O) groups is 3. The molecule has 0 saturated carbocycles. The van der Waals surface area contributed by atoms with Gasteiger partial charge in [0, 0.05) is 20.6 Å². The Morgan fingerprint density at radius 2 is 2.03 bits per heavy atom. The number of rotatable bonds is 8. The van der Waals surface area contributed by atoms with E-state index in [0.29, 0.717) is 27.1 Å². The number of hydrogen-bond donors (Lipinski definition) is 1. The zero-order chi connectivity index (χ0) is 23.4. The number of hydrogen-bond acceptors (Lipinski definition) is 9. The van der Waals surface area contributed by atoms with Gasteiger partial charge in [-0.1, -0.05) is 17.8 Å². The molecule has 0 aromatic carbocycles. The van der Waals surface area contributed by atoms with Gasteiger partial charge in [-0.2, -0.15) is 0 Å². The second-order valence-electron chi connectivity index (χ2n) is 6.82. The zero-order valence-corrected chi connectivity index (χ0v) is 20.7. The zero-order valence-electron chi connectivity index (χ0n) is 18.3. The van der Waals surface area contributed by atoms with Gasteiger partial charge in [-0.25, -0.2) is 4.79 Å². The lowest BCUT2D eigenvalue weighted by Gasteiger charge is -2.08. The number of aromatic nitrogens is 3. The molecular weight excluding hydrogens is 470 g/mol. The summed E-state index contributed by atoms with van der Waals surface area (Å²) >= 11 is 3.89. The minimum Gasteiger partial charge on any atom is -0.465 e. The van der Waals surface area contributed by atoms with Crippen molar-refractivity contribution in [1.82, 2.24) is 19.7 Å². The highest BCUT2D eigenvalue weighted by Crippen LogP contribution is 2.34. The molecule has 3 aromatic rings. The quantitative estimate of drug-likeness (QED) is 0.377. The van der Waals surface area contributed by atoms with Gasteiger partial charge >= 0.3 is 5.97 Å². The number of anilines is 1. The van der Waals surface area contributed by atoms with Gasteiger partial charge in [-0.15, -0.1) is 32.9 Å². The molecule has 32 heavy (non-hydrogen) atoms. The van der Waals surface area contributed by atoms with Gasteiger partial charge in [0.15, 0.2) is 11.0 Å². The molecule has 0 aliphatic heterocycles. The topological polar surface area (TPSA) is 106 Å². The van der Waals surface area contributed by atoms with Crippen LogP contribution >= 0.6 is 34.4 Å². The van der Waals surface area contributed by atoms with Gasteiger partial charge in [0.25, 0.3) is 5.91 Å². The largest absolute Gasteiger partial charge is 0.465 e. The number of thiophene rings is 2. The highest BCUT2D eigenvalue weighted by molar-refractivity contribution is 7.99. The molecular formula is C20H23N5O4S3. The minimum atomic E-state index is -0.606. The third kappa shape index (κ3) is 4.87. The Morgan fingerprint density at radius 3 is 2.62 bits per heavy atom. The van der Waals surface area contributed by atoms with Crippen molar-refractivity contribution in [3.63, 3.8) is 0 Å². The molecule has 0 unspecified atom stereocenters. The van der Waals surface area contributed by atoms with Crippen molar-refractivity contribution in [2.45, 2.75) is 25.5 Å². The van der Waals surface area contributed by atoms with Gasteiger partial charge in [0.05, 0.1) is 28.2 Å². The molecule has 3 heterocycles. The third-order valence-corrected chi connectivity index (χ3v) is 7.52. The van der Waals surface area contributed by atoms with Crippen LogP contribution in [0.2, 0.25) is 0 Å². The Bertz CT molecular complexity index is 1130. The fourth-order valence-electron chi connectivity index (χ4n) is 2.92. The van der Waals surface area contributed by atoms with E-state index in [1.165, 1.54) is 23.8 Å². The van der Waals surface area contributed by atoms with Gasteiger partial charge < -0.3 is 19.5 Å². The van der Waals surface area contributed by atoms with Crippen molar-refractivity contribution in [2.75, 3.05) is 32.3 Å². The molecule has 0 spiro atoms. The first-order chi connectivity index (χ1) is 15.3. The Balaban J connectivity index is 1.77. The first kappa shape index (κ1) is 24.0. The summed E-state index contributed by atoms with van der Waals surface area (Å²) in [5.41, 5.74) is 0.674. The maximum Gasteiger partial charge on any atom is 0.341 e. The van der Waals surface area contributed by atoms with E-state index in [1.807, 2.05) is 29.0 Å². The van der Waals surface area contributed by atoms with Crippen molar-refractivity contribution >= 4 is 57.2 Å². The molecule has 2 amide bonds. The second kappa shape index (κ2) is 10.3. The van der Waals surface area contributed by atoms with Crippen LogP contribution in [-0.4, -0.2) is 64.4 Å². The highest BCUT2D eigenvalue weighted by Gasteiger charge is 2.27. The number of amides is 2. The summed E-state index contributed by atoms with van der Waals surface area (Å²) in [5.74, 6) is -0.347. The minimum absolute atomic E-state index is 0.0666. The average Bonchev–Trinajstić information content (AvgIpc) is 3.49. The van der Waals surface area contributed by atoms with Crippen molar-refractivity contribution in [3.8, 4) is 10.7 Å². The molecule has 3 aromatic heterocycles. The van der Waals surface area contributed by atoms with Crippen LogP contribution in [0, 0.1) is 6.92 Å². The summed E-state index contributed by atoms with van der Waals surface area (Å²) in [4.78, 5) is 40.2. The number of methoxy groups -OCH3 is 1. The normalized spacial score (nSPS) is 10.8. The lowest BCUT2D eigenvalue weighted by Crippen LogP contribution is -2.21. The molecule has 0 saturated heterocycles. The average molecular weight is 494 g/mol. The van der Waals surface area contributed by atoms with Gasteiger partial charge in [0.2, 0.25) is 5.91 Å². The van der Waals surface area contributed by atoms with Crippen LogP contribution in [0.3, 0.4) is 0 Å². The maximum absolute atomic E-state index is 12.7. The smallest absolute Gasteiger partial charge is 0.341 e. The number of nitrogens with zero attached hydrogens (tertiary/aromatic N) is 4. The van der Waals surface area contributed by atoms with Crippen LogP contribution in [0.15, 0.2) is 22.7 Å². The Morgan fingerprint density at radius 1 is 1.28 bits per heavy atom. The molecule has 0 bridgehead atoms. The van der Waals surface area contributed by atoms with Crippen molar-refractivity contribution in [1.29, 1.82) is 0 Å². The number of esters is 1. The molecule has 0 aliphatic rings. The van der Waals surface area contributed by atoms with E-state index in [0.717, 1.165) is 22.0 Å². The van der Waals surface area contributed by atoms with E-state index < -0.39 is 5.97 Å². The van der Waals surface area contributed by atoms with Gasteiger partial charge in [-0.3, -0.25) is 9.59 Å². The van der Waals surface area contributed by atoms with Gasteiger partial charge in [0.1, 0.15) is 5.00 Å². The molecule has 170 valence electrons. The molecule has 3 rings (SSSR count). The van der Waals surface area contributed by atoms with Gasteiger partial charge in [-0.05, 0) is 30.9 Å². The number of carbonyl (C=O) groups excluding carboxylic acids is 3. The molecule has 12 heteroatoms. The van der Waals surface area contributed by atoms with E-state index in [2.05, 4.69) is 15.5 Å². The van der Waals surface area contributed by atoms with Crippen LogP contribution < -0.4 is 5.32 Å². The summed E-state index contributed by atoms with van der Waals surface area (Å²) in [6, 6.07) is 3.92. The molecule has 0 atom stereocenters. The van der Waals surface area contributed by atoms with Crippen LogP contribution in [0.1, 0.15) is 32.5 Å². The van der Waals surface area contributed by atoms with Crippen molar-refractivity contribution in [2.24, 2.45) is 0 Å². The highest BCUT2D eigenvalue weighted by atomic mass is 32.2. The summed E-state index contributed by atoms with van der Waals surface area (Å²) in [5, 5.41) is 14.1. The lowest BCUT2D eigenvalue weighted by atomic mass is 10.1. The fraction of sp³-hybridized carbons (Fsp3) is 0.350. The molecule has 0 aliphatic carbocycles. The number of thioether (sulfide) groups is 1. The monoisotopic (exact) mass is 493 g/mol. The first-order valence-electron chi connectivity index (χ1n) is 9.61. The van der Waals surface area contributed by atoms with Crippen molar-refractivity contribution in [3.05, 3.63) is 33.5 Å². The third-order valence-electron chi connectivity index (χ3n) is 4.50. The summed E-state index contributed by atoms with van der Waals surface area (Å²) in [6.07, 6.45) is 0. The number of nitrogens with one attached hydrogen (secondary N) is 1. The SMILES string of the molecule is CCn1c(SCC(=O)Nc2sc(C(=O)N(C)C)c(C)c2C(=O)OC)nnc1-c1cccs1. The Kier molecular flexibility index (Phi) is 7.69. The first-order valence-corrected chi connectivity index (χ1v) is 12.3. The Hall–Kier alpha value is -2.70. The number of ether oxygens (including phenoxy) is 1. The predicted octanol–water partition coefficient (Wildman–Crippen LogP) is 3.62. The molecule has 0 radical (unpaired) electrons. The van der Waals surface area contributed by atoms with E-state index in [4.69, 9.17) is 4.74 Å². The lowest BCUT2D eigenvalue weighted by molar-refractivity contribution is -0.113. The van der Waals surface area contributed by atoms with Crippen LogP contribution in [0.5, 0.6) is 0 Å². The summed E-state index contributed by atoms with van der Waals surface area (Å²) < 4.78 is 6.81. The molecule has 1 N–H and O–H groups in total. The van der Waals surface area contributed by atoms with Crippen LogP contribution in [0.25, 0.3) is 10.7 Å². The fourth-order valence-corrected chi connectivity index (χ4v) is 5.67. The summed E-state index contributed by atoms with van der Waals surface area (Å²) in [6.45, 7) is 4.32. The standard InChI is InChI=1S/C20H23N5O4S3/c1-6-25-16(12-8-7-9-30-12)22-23-20(25)31-10-13(26)21-17-14(19(28)29-5)11(2)15(32-17)18(27)24(3)4/h7-9H,6,10H2,1-5H3,(H,21,26). The van der Waals surface area contributed by atoms with E-state index >= 15 is 0 Å². The van der Waals surface area contributed by atoms with Crippen molar-refractivity contribution < 1.29 is 19.1 Å². The van der Waals surface area contributed by atoms with Crippen LogP contribution in [0.4, 0.5) is 5.00 Å². The van der Waals surface area contributed by atoms with Crippen LogP contribution in [-0.2, 0) is 16.1 Å².